The van der Waals surface area contributed by atoms with Crippen molar-refractivity contribution in [2.24, 2.45) is 0 Å². The van der Waals surface area contributed by atoms with Crippen molar-refractivity contribution in [1.82, 2.24) is 14.9 Å². The largest absolute Gasteiger partial charge is 0.384 e. The lowest BCUT2D eigenvalue weighted by Crippen LogP contribution is -2.29. The molecule has 0 bridgehead atoms. The quantitative estimate of drug-likeness (QED) is 0.832. The smallest absolute Gasteiger partial charge is 0.241 e. The van der Waals surface area contributed by atoms with Crippen LogP contribution in [0.1, 0.15) is 26.6 Å². The predicted octanol–water partition coefficient (Wildman–Crippen LogP) is 0.856. The summed E-state index contributed by atoms with van der Waals surface area (Å²) in [5.74, 6) is 1.60. The van der Waals surface area contributed by atoms with Gasteiger partial charge >= 0.3 is 0 Å². The van der Waals surface area contributed by atoms with Gasteiger partial charge in [0.15, 0.2) is 0 Å². The first-order valence-corrected chi connectivity index (χ1v) is 5.79. The van der Waals surface area contributed by atoms with Crippen LogP contribution in [0.15, 0.2) is 6.07 Å². The first kappa shape index (κ1) is 14.2. The van der Waals surface area contributed by atoms with E-state index in [2.05, 4.69) is 15.3 Å². The number of hydrogen-bond acceptors (Lipinski definition) is 5. The fourth-order valence-electron chi connectivity index (χ4n) is 1.22. The van der Waals surface area contributed by atoms with Gasteiger partial charge in [-0.15, -0.1) is 0 Å². The molecule has 1 rings (SSSR count). The number of hydrogen-bond donors (Lipinski definition) is 2. The van der Waals surface area contributed by atoms with Gasteiger partial charge in [0.25, 0.3) is 0 Å². The molecule has 100 valence electrons. The Hall–Kier alpha value is -1.85. The number of aromatic nitrogens is 2. The predicted molar refractivity (Wildman–Crippen MR) is 72.3 cm³/mol. The standard InChI is InChI=1S/C12H21N5O/c1-12(2,3)11-15-8(13)6-9(16-11)14-7-10(18)17(4)5/h6H,7H2,1-5H3,(H3,13,14,15,16). The van der Waals surface area contributed by atoms with Crippen LogP contribution >= 0.6 is 0 Å². The summed E-state index contributed by atoms with van der Waals surface area (Å²) in [5.41, 5.74) is 5.55. The van der Waals surface area contributed by atoms with E-state index in [0.717, 1.165) is 0 Å². The average Bonchev–Trinajstić information content (AvgIpc) is 2.23. The number of nitrogens with two attached hydrogens (primary N) is 1. The SMILES string of the molecule is CN(C)C(=O)CNc1cc(N)nc(C(C)(C)C)n1. The third-order valence-electron chi connectivity index (χ3n) is 2.34. The second-order valence-electron chi connectivity index (χ2n) is 5.39. The number of carbonyl (C=O) groups excluding carboxylic acids is 1. The minimum atomic E-state index is -0.183. The average molecular weight is 251 g/mol. The van der Waals surface area contributed by atoms with E-state index in [1.54, 1.807) is 20.2 Å². The van der Waals surface area contributed by atoms with Crippen LogP contribution in [0.5, 0.6) is 0 Å². The molecule has 0 fully saturated rings. The zero-order valence-corrected chi connectivity index (χ0v) is 11.6. The van der Waals surface area contributed by atoms with E-state index in [1.807, 2.05) is 20.8 Å². The molecule has 1 aromatic rings. The van der Waals surface area contributed by atoms with E-state index in [-0.39, 0.29) is 17.9 Å². The minimum absolute atomic E-state index is 0.0236. The number of likely N-dealkylation sites (N-methyl/N-ethyl adjacent to an activating group) is 1. The Morgan fingerprint density at radius 2 is 2.00 bits per heavy atom. The number of amides is 1. The first-order valence-electron chi connectivity index (χ1n) is 5.79. The Labute approximate surface area is 108 Å². The Bertz CT molecular complexity index is 437. The Balaban J connectivity index is 2.84. The van der Waals surface area contributed by atoms with Crippen molar-refractivity contribution in [3.63, 3.8) is 0 Å². The third-order valence-corrected chi connectivity index (χ3v) is 2.34. The fraction of sp³-hybridized carbons (Fsp3) is 0.583. The molecule has 6 nitrogen and oxygen atoms in total. The molecule has 0 aliphatic rings. The molecule has 0 aromatic carbocycles. The molecule has 0 saturated heterocycles. The molecule has 1 amide bonds. The Morgan fingerprint density at radius 1 is 1.39 bits per heavy atom. The van der Waals surface area contributed by atoms with Gasteiger partial charge in [-0.1, -0.05) is 20.8 Å². The van der Waals surface area contributed by atoms with E-state index >= 15 is 0 Å². The first-order chi connectivity index (χ1) is 8.20. The molecular formula is C12H21N5O. The highest BCUT2D eigenvalue weighted by atomic mass is 16.2. The highest BCUT2D eigenvalue weighted by Crippen LogP contribution is 2.20. The molecule has 18 heavy (non-hydrogen) atoms. The van der Waals surface area contributed by atoms with Crippen LogP contribution in [-0.4, -0.2) is 41.4 Å². The summed E-state index contributed by atoms with van der Waals surface area (Å²) in [6, 6.07) is 1.62. The second kappa shape index (κ2) is 5.20. The zero-order valence-electron chi connectivity index (χ0n) is 11.6. The van der Waals surface area contributed by atoms with Crippen LogP contribution in [0, 0.1) is 0 Å². The summed E-state index contributed by atoms with van der Waals surface area (Å²) >= 11 is 0. The molecule has 0 spiro atoms. The molecule has 0 radical (unpaired) electrons. The summed E-state index contributed by atoms with van der Waals surface area (Å²) < 4.78 is 0. The van der Waals surface area contributed by atoms with Crippen molar-refractivity contribution in [3.8, 4) is 0 Å². The van der Waals surface area contributed by atoms with Crippen molar-refractivity contribution in [1.29, 1.82) is 0 Å². The molecular weight excluding hydrogens is 230 g/mol. The number of anilines is 2. The number of rotatable bonds is 3. The Morgan fingerprint density at radius 3 is 2.50 bits per heavy atom. The summed E-state index contributed by atoms with van der Waals surface area (Å²) in [6.07, 6.45) is 0. The summed E-state index contributed by atoms with van der Waals surface area (Å²) in [4.78, 5) is 21.5. The maximum Gasteiger partial charge on any atom is 0.241 e. The molecule has 1 heterocycles. The van der Waals surface area contributed by atoms with Gasteiger partial charge in [0.05, 0.1) is 6.54 Å². The molecule has 0 aliphatic heterocycles. The van der Waals surface area contributed by atoms with Gasteiger partial charge in [-0.25, -0.2) is 9.97 Å². The fourth-order valence-corrected chi connectivity index (χ4v) is 1.22. The zero-order chi connectivity index (χ0) is 13.9. The van der Waals surface area contributed by atoms with E-state index < -0.39 is 0 Å². The van der Waals surface area contributed by atoms with Crippen molar-refractivity contribution in [2.45, 2.75) is 26.2 Å². The van der Waals surface area contributed by atoms with Gasteiger partial charge in [-0.3, -0.25) is 4.79 Å². The van der Waals surface area contributed by atoms with E-state index in [1.165, 1.54) is 4.90 Å². The van der Waals surface area contributed by atoms with Crippen molar-refractivity contribution >= 4 is 17.5 Å². The number of nitrogens with one attached hydrogen (secondary N) is 1. The number of nitrogens with zero attached hydrogens (tertiary/aromatic N) is 3. The number of nitrogen functional groups attached to an aromatic ring is 1. The monoisotopic (exact) mass is 251 g/mol. The van der Waals surface area contributed by atoms with Gasteiger partial charge in [0.1, 0.15) is 17.5 Å². The maximum absolute atomic E-state index is 11.5. The molecule has 0 saturated carbocycles. The van der Waals surface area contributed by atoms with Gasteiger partial charge in [0.2, 0.25) is 5.91 Å². The minimum Gasteiger partial charge on any atom is -0.384 e. The molecule has 0 aliphatic carbocycles. The lowest BCUT2D eigenvalue weighted by atomic mass is 9.96. The van der Waals surface area contributed by atoms with Gasteiger partial charge in [-0.05, 0) is 0 Å². The van der Waals surface area contributed by atoms with Crippen molar-refractivity contribution in [3.05, 3.63) is 11.9 Å². The van der Waals surface area contributed by atoms with Crippen LogP contribution in [0.4, 0.5) is 11.6 Å². The third kappa shape index (κ3) is 3.87. The lowest BCUT2D eigenvalue weighted by Gasteiger charge is -2.18. The van der Waals surface area contributed by atoms with E-state index in [9.17, 15) is 4.79 Å². The van der Waals surface area contributed by atoms with Crippen LogP contribution in [0.25, 0.3) is 0 Å². The van der Waals surface area contributed by atoms with E-state index in [4.69, 9.17) is 5.73 Å². The van der Waals surface area contributed by atoms with Crippen molar-refractivity contribution in [2.75, 3.05) is 31.7 Å². The van der Waals surface area contributed by atoms with Gasteiger partial charge in [-0.2, -0.15) is 0 Å². The van der Waals surface area contributed by atoms with Crippen LogP contribution < -0.4 is 11.1 Å². The van der Waals surface area contributed by atoms with Gasteiger partial charge < -0.3 is 16.0 Å². The second-order valence-corrected chi connectivity index (χ2v) is 5.39. The van der Waals surface area contributed by atoms with Crippen molar-refractivity contribution < 1.29 is 4.79 Å². The molecule has 3 N–H and O–H groups in total. The van der Waals surface area contributed by atoms with Gasteiger partial charge in [0, 0.05) is 25.6 Å². The molecule has 1 aromatic heterocycles. The maximum atomic E-state index is 11.5. The number of carbonyl (C=O) groups is 1. The van der Waals surface area contributed by atoms with Crippen LogP contribution in [0.3, 0.4) is 0 Å². The van der Waals surface area contributed by atoms with E-state index in [0.29, 0.717) is 17.5 Å². The highest BCUT2D eigenvalue weighted by Gasteiger charge is 2.18. The molecule has 6 heteroatoms. The normalized spacial score (nSPS) is 11.2. The molecule has 0 unspecified atom stereocenters. The Kier molecular flexibility index (Phi) is 4.11. The van der Waals surface area contributed by atoms with Crippen LogP contribution in [0.2, 0.25) is 0 Å². The highest BCUT2D eigenvalue weighted by molar-refractivity contribution is 5.80. The summed E-state index contributed by atoms with van der Waals surface area (Å²) in [7, 11) is 3.41. The van der Waals surface area contributed by atoms with Crippen LogP contribution in [-0.2, 0) is 10.2 Å². The summed E-state index contributed by atoms with van der Waals surface area (Å²) in [6.45, 7) is 6.22. The summed E-state index contributed by atoms with van der Waals surface area (Å²) in [5, 5.41) is 2.96. The topological polar surface area (TPSA) is 84.1 Å². The molecule has 0 atom stereocenters. The lowest BCUT2D eigenvalue weighted by molar-refractivity contribution is -0.126.